The van der Waals surface area contributed by atoms with E-state index in [2.05, 4.69) is 11.1 Å². The Balaban J connectivity index is 1.43. The minimum atomic E-state index is -0.516. The van der Waals surface area contributed by atoms with Gasteiger partial charge in [0, 0.05) is 36.6 Å². The minimum absolute atomic E-state index is 0.0313. The van der Waals surface area contributed by atoms with Gasteiger partial charge in [-0.2, -0.15) is 5.26 Å². The number of aromatic nitrogens is 1. The summed E-state index contributed by atoms with van der Waals surface area (Å²) in [4.78, 5) is 18.4. The van der Waals surface area contributed by atoms with Gasteiger partial charge in [-0.25, -0.2) is 14.2 Å². The predicted octanol–water partition coefficient (Wildman–Crippen LogP) is 4.00. The predicted molar refractivity (Wildman–Crippen MR) is 104 cm³/mol. The van der Waals surface area contributed by atoms with Gasteiger partial charge in [0.15, 0.2) is 0 Å². The third kappa shape index (κ3) is 4.16. The van der Waals surface area contributed by atoms with Crippen LogP contribution in [-0.2, 0) is 4.74 Å². The normalized spacial score (nSPS) is 22.6. The van der Waals surface area contributed by atoms with Crippen LogP contribution < -0.4 is 4.74 Å². The number of hydrogen-bond donors (Lipinski definition) is 0. The van der Waals surface area contributed by atoms with Gasteiger partial charge in [0.05, 0.1) is 17.3 Å². The molecular weight excluding hydrogens is 373 g/mol. The van der Waals surface area contributed by atoms with E-state index in [9.17, 15) is 14.4 Å². The first kappa shape index (κ1) is 19.2. The maximum absolute atomic E-state index is 13.2. The van der Waals surface area contributed by atoms with Crippen molar-refractivity contribution in [2.24, 2.45) is 11.8 Å². The fraction of sp³-hybridized carbons (Fsp3) is 0.409. The number of amides is 1. The number of nitrogens with zero attached hydrogens (tertiary/aromatic N) is 3. The Bertz CT molecular complexity index is 966. The molecule has 29 heavy (non-hydrogen) atoms. The first-order valence-electron chi connectivity index (χ1n) is 9.56. The Labute approximate surface area is 168 Å². The number of halogens is 1. The van der Waals surface area contributed by atoms with Gasteiger partial charge in [0.25, 0.3) is 0 Å². The molecule has 1 aliphatic heterocycles. The zero-order valence-electron chi connectivity index (χ0n) is 16.6. The molecule has 4 rings (SSSR count). The van der Waals surface area contributed by atoms with E-state index < -0.39 is 5.60 Å². The molecule has 0 spiro atoms. The fourth-order valence-electron chi connectivity index (χ4n) is 3.66. The minimum Gasteiger partial charge on any atom is -0.474 e. The van der Waals surface area contributed by atoms with E-state index in [1.54, 1.807) is 29.2 Å². The summed E-state index contributed by atoms with van der Waals surface area (Å²) in [7, 11) is 0. The third-order valence-corrected chi connectivity index (χ3v) is 5.09. The molecule has 150 valence electrons. The van der Waals surface area contributed by atoms with E-state index in [4.69, 9.17) is 9.47 Å². The number of carbonyl (C=O) groups is 1. The molecular formula is C22H22FN3O3. The maximum Gasteiger partial charge on any atom is 0.410 e. The average Bonchev–Trinajstić information content (AvgIpc) is 3.10. The number of ether oxygens (including phenoxy) is 2. The number of carbonyl (C=O) groups excluding carboxylic acids is 1. The Morgan fingerprint density at radius 3 is 2.45 bits per heavy atom. The van der Waals surface area contributed by atoms with E-state index in [1.807, 2.05) is 20.8 Å². The Morgan fingerprint density at radius 1 is 1.21 bits per heavy atom. The monoisotopic (exact) mass is 395 g/mol. The molecule has 1 aromatic heterocycles. The lowest BCUT2D eigenvalue weighted by Gasteiger charge is -2.26. The van der Waals surface area contributed by atoms with Crippen LogP contribution in [0.3, 0.4) is 0 Å². The standard InChI is InChI=1S/C22H22FN3O3/c1-22(2,3)29-21(27)26-11-16-17(12-26)20(16)28-19-9-13(10-24)8-18(25-19)14-4-6-15(23)7-5-14/h4-9,16-17,20H,11-12H2,1-3H3/t16-,17+,20?. The van der Waals surface area contributed by atoms with Crippen LogP contribution in [0.5, 0.6) is 5.88 Å². The topological polar surface area (TPSA) is 75.4 Å². The average molecular weight is 395 g/mol. The van der Waals surface area contributed by atoms with Gasteiger partial charge in [0.2, 0.25) is 5.88 Å². The van der Waals surface area contributed by atoms with Crippen LogP contribution in [-0.4, -0.2) is 40.8 Å². The first-order chi connectivity index (χ1) is 13.7. The van der Waals surface area contributed by atoms with Crippen molar-refractivity contribution in [1.29, 1.82) is 5.26 Å². The number of rotatable bonds is 3. The summed E-state index contributed by atoms with van der Waals surface area (Å²) in [6.45, 7) is 6.72. The highest BCUT2D eigenvalue weighted by Gasteiger charge is 2.59. The van der Waals surface area contributed by atoms with Crippen molar-refractivity contribution in [3.05, 3.63) is 47.8 Å². The van der Waals surface area contributed by atoms with Crippen molar-refractivity contribution in [1.82, 2.24) is 9.88 Å². The lowest BCUT2D eigenvalue weighted by atomic mass is 10.1. The number of likely N-dealkylation sites (tertiary alicyclic amines) is 1. The summed E-state index contributed by atoms with van der Waals surface area (Å²) < 4.78 is 24.6. The van der Waals surface area contributed by atoms with E-state index in [-0.39, 0.29) is 29.9 Å². The molecule has 2 heterocycles. The molecule has 1 aliphatic carbocycles. The van der Waals surface area contributed by atoms with Crippen LogP contribution in [0.25, 0.3) is 11.3 Å². The van der Waals surface area contributed by atoms with Crippen LogP contribution in [0.4, 0.5) is 9.18 Å². The molecule has 2 fully saturated rings. The molecule has 1 saturated heterocycles. The van der Waals surface area contributed by atoms with Crippen molar-refractivity contribution < 1.29 is 18.7 Å². The van der Waals surface area contributed by atoms with Crippen molar-refractivity contribution in [3.8, 4) is 23.2 Å². The second-order valence-electron chi connectivity index (χ2n) is 8.49. The van der Waals surface area contributed by atoms with Gasteiger partial charge < -0.3 is 14.4 Å². The van der Waals surface area contributed by atoms with Gasteiger partial charge in [0.1, 0.15) is 17.5 Å². The summed E-state index contributed by atoms with van der Waals surface area (Å²) in [5.74, 6) is 0.516. The zero-order valence-corrected chi connectivity index (χ0v) is 16.6. The van der Waals surface area contributed by atoms with Gasteiger partial charge in [-0.3, -0.25) is 0 Å². The van der Waals surface area contributed by atoms with Gasteiger partial charge in [-0.05, 0) is 51.1 Å². The lowest BCUT2D eigenvalue weighted by molar-refractivity contribution is 0.0252. The molecule has 1 amide bonds. The molecule has 6 nitrogen and oxygen atoms in total. The quantitative estimate of drug-likeness (QED) is 0.785. The molecule has 7 heteroatoms. The molecule has 0 radical (unpaired) electrons. The molecule has 3 atom stereocenters. The van der Waals surface area contributed by atoms with E-state index in [0.717, 1.165) is 0 Å². The van der Waals surface area contributed by atoms with Crippen molar-refractivity contribution >= 4 is 6.09 Å². The SMILES string of the molecule is CC(C)(C)OC(=O)N1C[C@@H]2C(Oc3cc(C#N)cc(-c4ccc(F)cc4)n3)[C@@H]2C1. The number of hydrogen-bond acceptors (Lipinski definition) is 5. The maximum atomic E-state index is 13.2. The van der Waals surface area contributed by atoms with Crippen LogP contribution in [0, 0.1) is 29.0 Å². The lowest BCUT2D eigenvalue weighted by Crippen LogP contribution is -2.38. The highest BCUT2D eigenvalue weighted by atomic mass is 19.1. The fourth-order valence-corrected chi connectivity index (χ4v) is 3.66. The number of pyridine rings is 1. The summed E-state index contributed by atoms with van der Waals surface area (Å²) in [5, 5.41) is 9.33. The third-order valence-electron chi connectivity index (χ3n) is 5.09. The molecule has 2 aliphatic rings. The Morgan fingerprint density at radius 2 is 1.86 bits per heavy atom. The second kappa shape index (κ2) is 7.03. The van der Waals surface area contributed by atoms with E-state index in [1.165, 1.54) is 12.1 Å². The van der Waals surface area contributed by atoms with Crippen molar-refractivity contribution in [2.45, 2.75) is 32.5 Å². The largest absolute Gasteiger partial charge is 0.474 e. The summed E-state index contributed by atoms with van der Waals surface area (Å²) >= 11 is 0. The summed E-state index contributed by atoms with van der Waals surface area (Å²) in [6, 6.07) is 11.3. The summed E-state index contributed by atoms with van der Waals surface area (Å²) in [6.07, 6.45) is -0.331. The molecule has 0 bridgehead atoms. The summed E-state index contributed by atoms with van der Waals surface area (Å²) in [5.41, 5.74) is 1.18. The van der Waals surface area contributed by atoms with Crippen LogP contribution in [0.2, 0.25) is 0 Å². The Kier molecular flexibility index (Phi) is 4.65. The highest BCUT2D eigenvalue weighted by Crippen LogP contribution is 2.48. The highest BCUT2D eigenvalue weighted by molar-refractivity contribution is 5.69. The van der Waals surface area contributed by atoms with Gasteiger partial charge in [-0.15, -0.1) is 0 Å². The first-order valence-corrected chi connectivity index (χ1v) is 9.56. The van der Waals surface area contributed by atoms with Gasteiger partial charge >= 0.3 is 6.09 Å². The number of piperidine rings is 1. The molecule has 2 aromatic rings. The Hall–Kier alpha value is -3.14. The van der Waals surface area contributed by atoms with Crippen LogP contribution in [0.1, 0.15) is 26.3 Å². The van der Waals surface area contributed by atoms with Crippen molar-refractivity contribution in [3.63, 3.8) is 0 Å². The number of nitriles is 1. The molecule has 0 N–H and O–H groups in total. The molecule has 1 saturated carbocycles. The molecule has 1 unspecified atom stereocenters. The van der Waals surface area contributed by atoms with E-state index >= 15 is 0 Å². The second-order valence-corrected chi connectivity index (χ2v) is 8.49. The van der Waals surface area contributed by atoms with Crippen LogP contribution >= 0.6 is 0 Å². The zero-order chi connectivity index (χ0) is 20.8. The number of benzene rings is 1. The molecule has 1 aromatic carbocycles. The van der Waals surface area contributed by atoms with E-state index in [0.29, 0.717) is 35.8 Å². The van der Waals surface area contributed by atoms with Crippen molar-refractivity contribution in [2.75, 3.05) is 13.1 Å². The van der Waals surface area contributed by atoms with Gasteiger partial charge in [-0.1, -0.05) is 0 Å². The number of fused-ring (bicyclic) bond motifs is 1. The smallest absolute Gasteiger partial charge is 0.410 e. The van der Waals surface area contributed by atoms with Crippen LogP contribution in [0.15, 0.2) is 36.4 Å².